The molecule has 2 heterocycles. The van der Waals surface area contributed by atoms with Crippen molar-refractivity contribution in [2.45, 2.75) is 13.0 Å². The highest BCUT2D eigenvalue weighted by atomic mass is 35.5. The molecule has 0 aliphatic rings. The number of anilines is 1. The minimum atomic E-state index is -0.492. The van der Waals surface area contributed by atoms with Crippen LogP contribution in [0.5, 0.6) is 0 Å². The summed E-state index contributed by atoms with van der Waals surface area (Å²) in [5.74, 6) is 0.183. The Morgan fingerprint density at radius 2 is 2.35 bits per heavy atom. The fraction of sp³-hybridized carbons (Fsp3) is 0.300. The maximum atomic E-state index is 11.3. The predicted molar refractivity (Wildman–Crippen MR) is 67.5 cm³/mol. The molecule has 2 rings (SSSR count). The van der Waals surface area contributed by atoms with E-state index in [4.69, 9.17) is 11.6 Å². The third-order valence-corrected chi connectivity index (χ3v) is 3.18. The number of methoxy groups -OCH3 is 1. The molecule has 0 radical (unpaired) electrons. The van der Waals surface area contributed by atoms with Gasteiger partial charge in [0.05, 0.1) is 12.5 Å². The minimum absolute atomic E-state index is 0.152. The van der Waals surface area contributed by atoms with Gasteiger partial charge in [-0.15, -0.1) is 11.3 Å². The highest BCUT2D eigenvalue weighted by molar-refractivity contribution is 7.16. The van der Waals surface area contributed by atoms with Crippen LogP contribution >= 0.6 is 22.9 Å². The van der Waals surface area contributed by atoms with E-state index >= 15 is 0 Å². The maximum Gasteiger partial charge on any atom is 0.328 e. The molecule has 0 aliphatic carbocycles. The molecule has 7 heteroatoms. The number of nitrogens with zero attached hydrogens (tertiary/aromatic N) is 2. The molecule has 0 saturated carbocycles. The standard InChI is InChI=1S/C10H10ClN3O2S/c1-5(9(15)16-2)12-7-6-3-4-17-8(6)14-10(11)13-7/h3-5H,1-2H3,(H,12,13,14). The van der Waals surface area contributed by atoms with Crippen molar-refractivity contribution in [1.29, 1.82) is 0 Å². The lowest BCUT2D eigenvalue weighted by Gasteiger charge is -2.12. The van der Waals surface area contributed by atoms with E-state index in [0.29, 0.717) is 5.82 Å². The smallest absolute Gasteiger partial charge is 0.328 e. The van der Waals surface area contributed by atoms with Crippen molar-refractivity contribution in [1.82, 2.24) is 9.97 Å². The second-order valence-corrected chi connectivity index (χ2v) is 4.60. The highest BCUT2D eigenvalue weighted by Gasteiger charge is 2.16. The zero-order valence-corrected chi connectivity index (χ0v) is 10.8. The Hall–Kier alpha value is -1.40. The number of halogens is 1. The normalized spacial score (nSPS) is 12.4. The Bertz CT molecular complexity index is 557. The lowest BCUT2D eigenvalue weighted by molar-refractivity contribution is -0.141. The number of ether oxygens (including phenoxy) is 1. The lowest BCUT2D eigenvalue weighted by Crippen LogP contribution is -2.27. The van der Waals surface area contributed by atoms with Gasteiger partial charge >= 0.3 is 5.97 Å². The van der Waals surface area contributed by atoms with Gasteiger partial charge < -0.3 is 10.1 Å². The molecular weight excluding hydrogens is 262 g/mol. The molecule has 0 aromatic carbocycles. The van der Waals surface area contributed by atoms with Crippen LogP contribution in [-0.4, -0.2) is 29.1 Å². The van der Waals surface area contributed by atoms with Crippen LogP contribution in [0.2, 0.25) is 5.28 Å². The van der Waals surface area contributed by atoms with E-state index in [9.17, 15) is 4.79 Å². The van der Waals surface area contributed by atoms with E-state index in [2.05, 4.69) is 20.0 Å². The van der Waals surface area contributed by atoms with Gasteiger partial charge in [0, 0.05) is 0 Å². The SMILES string of the molecule is COC(=O)C(C)Nc1nc(Cl)nc2sccc12. The van der Waals surface area contributed by atoms with Gasteiger partial charge in [-0.3, -0.25) is 0 Å². The summed E-state index contributed by atoms with van der Waals surface area (Å²) in [7, 11) is 1.34. The van der Waals surface area contributed by atoms with Crippen LogP contribution in [0.3, 0.4) is 0 Å². The Kier molecular flexibility index (Phi) is 3.44. The van der Waals surface area contributed by atoms with E-state index in [1.165, 1.54) is 18.4 Å². The minimum Gasteiger partial charge on any atom is -0.467 e. The first kappa shape index (κ1) is 12.1. The molecule has 0 amide bonds. The predicted octanol–water partition coefficient (Wildman–Crippen LogP) is 2.32. The van der Waals surface area contributed by atoms with Gasteiger partial charge in [0.1, 0.15) is 16.7 Å². The summed E-state index contributed by atoms with van der Waals surface area (Å²) in [5, 5.41) is 5.85. The molecule has 0 aliphatic heterocycles. The van der Waals surface area contributed by atoms with E-state index in [1.54, 1.807) is 6.92 Å². The number of carbonyl (C=O) groups excluding carboxylic acids is 1. The van der Waals surface area contributed by atoms with E-state index in [-0.39, 0.29) is 11.3 Å². The second kappa shape index (κ2) is 4.85. The molecule has 5 nitrogen and oxygen atoms in total. The maximum absolute atomic E-state index is 11.3. The van der Waals surface area contributed by atoms with Gasteiger partial charge in [0.15, 0.2) is 0 Å². The molecule has 0 spiro atoms. The summed E-state index contributed by atoms with van der Waals surface area (Å²) in [6.45, 7) is 1.69. The van der Waals surface area contributed by atoms with Gasteiger partial charge in [0.25, 0.3) is 0 Å². The first-order valence-electron chi connectivity index (χ1n) is 4.87. The average molecular weight is 272 g/mol. The summed E-state index contributed by atoms with van der Waals surface area (Å²) in [5.41, 5.74) is 0. The van der Waals surface area contributed by atoms with Crippen molar-refractivity contribution in [3.63, 3.8) is 0 Å². The van der Waals surface area contributed by atoms with Crippen molar-refractivity contribution < 1.29 is 9.53 Å². The molecule has 90 valence electrons. The van der Waals surface area contributed by atoms with Gasteiger partial charge in [-0.25, -0.2) is 14.8 Å². The quantitative estimate of drug-likeness (QED) is 0.686. The Labute approximate surface area is 107 Å². The topological polar surface area (TPSA) is 64.1 Å². The van der Waals surface area contributed by atoms with Gasteiger partial charge in [-0.2, -0.15) is 0 Å². The fourth-order valence-corrected chi connectivity index (χ4v) is 2.36. The average Bonchev–Trinajstić information content (AvgIpc) is 2.75. The Morgan fingerprint density at radius 1 is 1.59 bits per heavy atom. The number of nitrogens with one attached hydrogen (secondary N) is 1. The van der Waals surface area contributed by atoms with Crippen LogP contribution < -0.4 is 5.32 Å². The van der Waals surface area contributed by atoms with Gasteiger partial charge in [-0.05, 0) is 30.0 Å². The van der Waals surface area contributed by atoms with Crippen LogP contribution in [0.15, 0.2) is 11.4 Å². The number of aromatic nitrogens is 2. The third-order valence-electron chi connectivity index (χ3n) is 2.21. The summed E-state index contributed by atoms with van der Waals surface area (Å²) in [6, 6.07) is 1.39. The number of hydrogen-bond donors (Lipinski definition) is 1. The van der Waals surface area contributed by atoms with Crippen LogP contribution in [0.1, 0.15) is 6.92 Å². The van der Waals surface area contributed by atoms with Crippen molar-refractivity contribution in [3.05, 3.63) is 16.7 Å². The zero-order chi connectivity index (χ0) is 12.4. The van der Waals surface area contributed by atoms with E-state index < -0.39 is 6.04 Å². The molecule has 0 saturated heterocycles. The molecule has 1 unspecified atom stereocenters. The number of esters is 1. The third kappa shape index (κ3) is 2.48. The molecule has 17 heavy (non-hydrogen) atoms. The Balaban J connectivity index is 2.34. The monoisotopic (exact) mass is 271 g/mol. The number of thiophene rings is 1. The molecule has 1 atom stereocenters. The lowest BCUT2D eigenvalue weighted by atomic mass is 10.3. The van der Waals surface area contributed by atoms with Crippen molar-refractivity contribution in [3.8, 4) is 0 Å². The molecule has 1 N–H and O–H groups in total. The van der Waals surface area contributed by atoms with E-state index in [1.807, 2.05) is 11.4 Å². The van der Waals surface area contributed by atoms with Gasteiger partial charge in [0.2, 0.25) is 5.28 Å². The van der Waals surface area contributed by atoms with Crippen molar-refractivity contribution in [2.24, 2.45) is 0 Å². The second-order valence-electron chi connectivity index (χ2n) is 3.37. The van der Waals surface area contributed by atoms with Gasteiger partial charge in [-0.1, -0.05) is 0 Å². The van der Waals surface area contributed by atoms with E-state index in [0.717, 1.165) is 10.2 Å². The first-order valence-corrected chi connectivity index (χ1v) is 6.12. The highest BCUT2D eigenvalue weighted by Crippen LogP contribution is 2.26. The van der Waals surface area contributed by atoms with Crippen LogP contribution in [0, 0.1) is 0 Å². The van der Waals surface area contributed by atoms with Crippen LogP contribution in [-0.2, 0) is 9.53 Å². The van der Waals surface area contributed by atoms with Crippen LogP contribution in [0.4, 0.5) is 5.82 Å². The number of fused-ring (bicyclic) bond motifs is 1. The van der Waals surface area contributed by atoms with Crippen LogP contribution in [0.25, 0.3) is 10.2 Å². The first-order chi connectivity index (χ1) is 8.11. The number of carbonyl (C=O) groups is 1. The van der Waals surface area contributed by atoms with Crippen molar-refractivity contribution >= 4 is 44.9 Å². The zero-order valence-electron chi connectivity index (χ0n) is 9.23. The fourth-order valence-electron chi connectivity index (χ4n) is 1.38. The summed E-state index contributed by atoms with van der Waals surface area (Å²) >= 11 is 7.27. The largest absolute Gasteiger partial charge is 0.467 e. The Morgan fingerprint density at radius 3 is 3.06 bits per heavy atom. The molecule has 2 aromatic heterocycles. The number of hydrogen-bond acceptors (Lipinski definition) is 6. The molecule has 0 fully saturated rings. The number of rotatable bonds is 3. The molecular formula is C10H10ClN3O2S. The summed E-state index contributed by atoms with van der Waals surface area (Å²) < 4.78 is 4.63. The summed E-state index contributed by atoms with van der Waals surface area (Å²) in [6.07, 6.45) is 0. The molecule has 0 bridgehead atoms. The molecule has 2 aromatic rings. The van der Waals surface area contributed by atoms with Crippen molar-refractivity contribution in [2.75, 3.05) is 12.4 Å². The summed E-state index contributed by atoms with van der Waals surface area (Å²) in [4.78, 5) is 20.3.